The SMILES string of the molecule is CC1=C(C(=O)C(=O)N2CCOCC2)c2ccccc2[N]1. The van der Waals surface area contributed by atoms with Gasteiger partial charge in [-0.15, -0.1) is 0 Å². The van der Waals surface area contributed by atoms with Crippen LogP contribution in [0.4, 0.5) is 5.69 Å². The number of carbonyl (C=O) groups excluding carboxylic acids is 2. The van der Waals surface area contributed by atoms with E-state index in [2.05, 4.69) is 5.32 Å². The van der Waals surface area contributed by atoms with Crippen molar-refractivity contribution in [2.75, 3.05) is 26.3 Å². The lowest BCUT2D eigenvalue weighted by atomic mass is 10.0. The molecule has 1 saturated heterocycles. The summed E-state index contributed by atoms with van der Waals surface area (Å²) in [5.41, 5.74) is 2.54. The van der Waals surface area contributed by atoms with Gasteiger partial charge in [-0.1, -0.05) is 18.2 Å². The quantitative estimate of drug-likeness (QED) is 0.757. The first-order valence-corrected chi connectivity index (χ1v) is 6.62. The molecule has 5 heteroatoms. The predicted octanol–water partition coefficient (Wildman–Crippen LogP) is 1.09. The summed E-state index contributed by atoms with van der Waals surface area (Å²) >= 11 is 0. The fourth-order valence-corrected chi connectivity index (χ4v) is 2.52. The molecular weight excluding hydrogens is 256 g/mol. The fraction of sp³-hybridized carbons (Fsp3) is 0.333. The summed E-state index contributed by atoms with van der Waals surface area (Å²) in [7, 11) is 0. The molecule has 0 unspecified atom stereocenters. The van der Waals surface area contributed by atoms with Crippen LogP contribution in [0.3, 0.4) is 0 Å². The van der Waals surface area contributed by atoms with Crippen LogP contribution < -0.4 is 5.32 Å². The van der Waals surface area contributed by atoms with Crippen LogP contribution in [0.15, 0.2) is 30.0 Å². The number of allylic oxidation sites excluding steroid dienone is 1. The van der Waals surface area contributed by atoms with Gasteiger partial charge in [-0.25, -0.2) is 0 Å². The standard InChI is InChI=1S/C15H15N2O3/c1-10-13(11-4-2-3-5-12(11)16-10)14(18)15(19)17-6-8-20-9-7-17/h2-5H,6-9H2,1H3. The van der Waals surface area contributed by atoms with Crippen LogP contribution >= 0.6 is 0 Å². The number of rotatable bonds is 2. The molecular formula is C15H15N2O3. The van der Waals surface area contributed by atoms with E-state index in [0.29, 0.717) is 37.6 Å². The average Bonchev–Trinajstić information content (AvgIpc) is 2.82. The monoisotopic (exact) mass is 271 g/mol. The molecule has 1 amide bonds. The number of ketones is 1. The molecule has 1 fully saturated rings. The summed E-state index contributed by atoms with van der Waals surface area (Å²) in [6, 6.07) is 7.39. The lowest BCUT2D eigenvalue weighted by Crippen LogP contribution is -2.44. The number of ether oxygens (including phenoxy) is 1. The lowest BCUT2D eigenvalue weighted by Gasteiger charge is -2.26. The first-order valence-electron chi connectivity index (χ1n) is 6.62. The van der Waals surface area contributed by atoms with Crippen LogP contribution in [0.2, 0.25) is 0 Å². The zero-order chi connectivity index (χ0) is 14.1. The highest BCUT2D eigenvalue weighted by molar-refractivity contribution is 6.54. The Kier molecular flexibility index (Phi) is 3.28. The normalized spacial score (nSPS) is 17.8. The third-order valence-electron chi connectivity index (χ3n) is 3.54. The molecule has 0 spiro atoms. The van der Waals surface area contributed by atoms with Gasteiger partial charge in [-0.3, -0.25) is 14.9 Å². The van der Waals surface area contributed by atoms with Crippen molar-refractivity contribution in [3.05, 3.63) is 35.5 Å². The van der Waals surface area contributed by atoms with Crippen LogP contribution in [0.25, 0.3) is 5.57 Å². The first-order chi connectivity index (χ1) is 9.68. The number of nitrogens with zero attached hydrogens (tertiary/aromatic N) is 2. The van der Waals surface area contributed by atoms with Crippen LogP contribution in [-0.2, 0) is 14.3 Å². The number of morpholine rings is 1. The molecule has 3 rings (SSSR count). The molecule has 0 atom stereocenters. The van der Waals surface area contributed by atoms with Crippen molar-refractivity contribution in [3.63, 3.8) is 0 Å². The number of carbonyl (C=O) groups is 2. The molecule has 103 valence electrons. The van der Waals surface area contributed by atoms with Crippen LogP contribution in [-0.4, -0.2) is 42.9 Å². The van der Waals surface area contributed by atoms with E-state index in [1.165, 1.54) is 0 Å². The van der Waals surface area contributed by atoms with Crippen molar-refractivity contribution in [3.8, 4) is 0 Å². The Morgan fingerprint density at radius 1 is 1.20 bits per heavy atom. The van der Waals surface area contributed by atoms with Gasteiger partial charge in [0.2, 0.25) is 0 Å². The summed E-state index contributed by atoms with van der Waals surface area (Å²) < 4.78 is 5.20. The highest BCUT2D eigenvalue weighted by atomic mass is 16.5. The second kappa shape index (κ2) is 5.09. The maximum Gasteiger partial charge on any atom is 0.295 e. The Hall–Kier alpha value is -2.14. The third kappa shape index (κ3) is 2.10. The predicted molar refractivity (Wildman–Crippen MR) is 73.2 cm³/mol. The number of benzene rings is 1. The highest BCUT2D eigenvalue weighted by Gasteiger charge is 2.32. The zero-order valence-electron chi connectivity index (χ0n) is 11.3. The smallest absolute Gasteiger partial charge is 0.295 e. The number of Topliss-reactive ketones (excluding diaryl/α,β-unsaturated/α-hetero) is 1. The van der Waals surface area contributed by atoms with Crippen molar-refractivity contribution in [2.24, 2.45) is 0 Å². The van der Waals surface area contributed by atoms with Crippen LogP contribution in [0, 0.1) is 0 Å². The minimum absolute atomic E-state index is 0.428. The Morgan fingerprint density at radius 3 is 2.65 bits per heavy atom. The second-order valence-electron chi connectivity index (χ2n) is 4.82. The van der Waals surface area contributed by atoms with Gasteiger partial charge in [-0.05, 0) is 13.0 Å². The van der Waals surface area contributed by atoms with E-state index in [-0.39, 0.29) is 0 Å². The number of fused-ring (bicyclic) bond motifs is 1. The Morgan fingerprint density at radius 2 is 1.90 bits per heavy atom. The Labute approximate surface area is 117 Å². The third-order valence-corrected chi connectivity index (χ3v) is 3.54. The van der Waals surface area contributed by atoms with Crippen molar-refractivity contribution in [1.82, 2.24) is 10.2 Å². The Balaban J connectivity index is 1.87. The molecule has 1 aromatic rings. The summed E-state index contributed by atoms with van der Waals surface area (Å²) in [6.45, 7) is 3.67. The van der Waals surface area contributed by atoms with Gasteiger partial charge in [0.15, 0.2) is 0 Å². The summed E-state index contributed by atoms with van der Waals surface area (Å²) in [6.07, 6.45) is 0. The maximum atomic E-state index is 12.5. The molecule has 2 heterocycles. The van der Waals surface area contributed by atoms with E-state index in [1.807, 2.05) is 24.3 Å². The van der Waals surface area contributed by atoms with Gasteiger partial charge >= 0.3 is 0 Å². The molecule has 0 aliphatic carbocycles. The van der Waals surface area contributed by atoms with E-state index in [1.54, 1.807) is 11.8 Å². The largest absolute Gasteiger partial charge is 0.378 e. The molecule has 5 nitrogen and oxygen atoms in total. The van der Waals surface area contributed by atoms with E-state index >= 15 is 0 Å². The van der Waals surface area contributed by atoms with Crippen LogP contribution in [0.1, 0.15) is 12.5 Å². The molecule has 20 heavy (non-hydrogen) atoms. The molecule has 0 bridgehead atoms. The summed E-state index contributed by atoms with van der Waals surface area (Å²) in [5, 5.41) is 4.35. The molecule has 0 aromatic heterocycles. The van der Waals surface area contributed by atoms with Gasteiger partial charge in [-0.2, -0.15) is 0 Å². The minimum atomic E-state index is -0.474. The number of para-hydroxylation sites is 1. The summed E-state index contributed by atoms with van der Waals surface area (Å²) in [4.78, 5) is 26.3. The molecule has 1 aromatic carbocycles. The molecule has 2 aliphatic rings. The van der Waals surface area contributed by atoms with Gasteiger partial charge < -0.3 is 9.64 Å². The van der Waals surface area contributed by atoms with Gasteiger partial charge in [0.05, 0.1) is 30.2 Å². The van der Waals surface area contributed by atoms with Crippen molar-refractivity contribution < 1.29 is 14.3 Å². The molecule has 1 radical (unpaired) electrons. The van der Waals surface area contributed by atoms with Gasteiger partial charge in [0.25, 0.3) is 11.7 Å². The number of amides is 1. The van der Waals surface area contributed by atoms with E-state index in [4.69, 9.17) is 4.74 Å². The molecule has 0 N–H and O–H groups in total. The topological polar surface area (TPSA) is 60.7 Å². The lowest BCUT2D eigenvalue weighted by molar-refractivity contribution is -0.144. The van der Waals surface area contributed by atoms with Crippen molar-refractivity contribution in [2.45, 2.75) is 6.92 Å². The first kappa shape index (κ1) is 12.9. The van der Waals surface area contributed by atoms with Crippen molar-refractivity contribution in [1.29, 1.82) is 0 Å². The zero-order valence-corrected chi connectivity index (χ0v) is 11.3. The maximum absolute atomic E-state index is 12.5. The average molecular weight is 271 g/mol. The number of hydrogen-bond donors (Lipinski definition) is 0. The Bertz CT molecular complexity index is 601. The van der Waals surface area contributed by atoms with Gasteiger partial charge in [0, 0.05) is 18.7 Å². The van der Waals surface area contributed by atoms with Crippen molar-refractivity contribution >= 4 is 23.0 Å². The fourth-order valence-electron chi connectivity index (χ4n) is 2.52. The molecule has 2 aliphatic heterocycles. The van der Waals surface area contributed by atoms with E-state index in [9.17, 15) is 9.59 Å². The minimum Gasteiger partial charge on any atom is -0.378 e. The van der Waals surface area contributed by atoms with E-state index in [0.717, 1.165) is 11.3 Å². The van der Waals surface area contributed by atoms with E-state index < -0.39 is 11.7 Å². The van der Waals surface area contributed by atoms with Gasteiger partial charge in [0.1, 0.15) is 0 Å². The summed E-state index contributed by atoms with van der Waals surface area (Å²) in [5.74, 6) is -0.937. The van der Waals surface area contributed by atoms with Crippen LogP contribution in [0.5, 0.6) is 0 Å². The highest BCUT2D eigenvalue weighted by Crippen LogP contribution is 2.34. The number of hydrogen-bond acceptors (Lipinski definition) is 3. The molecule has 0 saturated carbocycles. The second-order valence-corrected chi connectivity index (χ2v) is 4.82.